The Morgan fingerprint density at radius 1 is 0.971 bits per heavy atom. The van der Waals surface area contributed by atoms with Crippen LogP contribution in [0.5, 0.6) is 5.75 Å². The molecule has 2 amide bonds. The molecule has 0 radical (unpaired) electrons. The van der Waals surface area contributed by atoms with E-state index >= 15 is 0 Å². The van der Waals surface area contributed by atoms with Gasteiger partial charge in [-0.05, 0) is 36.8 Å². The monoisotopic (exact) mass is 478 g/mol. The van der Waals surface area contributed by atoms with E-state index in [1.807, 2.05) is 54.6 Å². The van der Waals surface area contributed by atoms with Crippen molar-refractivity contribution in [2.45, 2.75) is 25.8 Å². The lowest BCUT2D eigenvalue weighted by atomic mass is 10.1. The second kappa shape index (κ2) is 11.0. The second-order valence-corrected chi connectivity index (χ2v) is 8.40. The number of rotatable bonds is 7. The Kier molecular flexibility index (Phi) is 7.64. The molecule has 1 atom stereocenters. The third-order valence-electron chi connectivity index (χ3n) is 6.16. The molecule has 0 bridgehead atoms. The Morgan fingerprint density at radius 2 is 1.69 bits per heavy atom. The van der Waals surface area contributed by atoms with Gasteiger partial charge in [-0.15, -0.1) is 0 Å². The summed E-state index contributed by atoms with van der Waals surface area (Å²) >= 11 is 0. The molecular formula is C26H30N4O5. The molecule has 4 rings (SSSR count). The first-order valence-corrected chi connectivity index (χ1v) is 11.8. The maximum Gasteiger partial charge on any atom is 0.354 e. The summed E-state index contributed by atoms with van der Waals surface area (Å²) in [6, 6.07) is 16.2. The van der Waals surface area contributed by atoms with Gasteiger partial charge in [-0.2, -0.15) is 5.10 Å². The number of nitrogens with zero attached hydrogens (tertiary/aromatic N) is 4. The molecule has 2 aliphatic heterocycles. The van der Waals surface area contributed by atoms with Crippen molar-refractivity contribution in [2.24, 2.45) is 5.10 Å². The number of methoxy groups -OCH3 is 1. The average Bonchev–Trinajstić information content (AvgIpc) is 3.35. The highest BCUT2D eigenvalue weighted by Gasteiger charge is 2.39. The first kappa shape index (κ1) is 24.3. The number of benzene rings is 2. The molecule has 2 aromatic rings. The van der Waals surface area contributed by atoms with Crippen molar-refractivity contribution >= 4 is 29.2 Å². The van der Waals surface area contributed by atoms with E-state index in [9.17, 15) is 14.4 Å². The summed E-state index contributed by atoms with van der Waals surface area (Å²) in [5.74, 6) is 0.119. The smallest absolute Gasteiger partial charge is 0.354 e. The largest absolute Gasteiger partial charge is 0.497 e. The zero-order chi connectivity index (χ0) is 24.8. The van der Waals surface area contributed by atoms with Crippen LogP contribution in [0.4, 0.5) is 5.69 Å². The minimum Gasteiger partial charge on any atom is -0.497 e. The maximum atomic E-state index is 13.5. The lowest BCUT2D eigenvalue weighted by molar-refractivity contribution is -0.139. The van der Waals surface area contributed by atoms with Gasteiger partial charge in [0.05, 0.1) is 25.8 Å². The molecule has 35 heavy (non-hydrogen) atoms. The first-order chi connectivity index (χ1) is 17.0. The number of hydrazone groups is 1. The van der Waals surface area contributed by atoms with Crippen molar-refractivity contribution in [1.82, 2.24) is 9.80 Å². The fourth-order valence-corrected chi connectivity index (χ4v) is 4.31. The van der Waals surface area contributed by atoms with E-state index in [1.165, 1.54) is 0 Å². The average molecular weight is 479 g/mol. The van der Waals surface area contributed by atoms with Crippen molar-refractivity contribution in [3.63, 3.8) is 0 Å². The van der Waals surface area contributed by atoms with Crippen LogP contribution in [0.25, 0.3) is 0 Å². The Bertz CT molecular complexity index is 1100. The molecule has 2 aliphatic rings. The van der Waals surface area contributed by atoms with Gasteiger partial charge in [0.15, 0.2) is 0 Å². The molecule has 2 heterocycles. The highest BCUT2D eigenvalue weighted by atomic mass is 16.5. The van der Waals surface area contributed by atoms with E-state index in [4.69, 9.17) is 9.47 Å². The van der Waals surface area contributed by atoms with Gasteiger partial charge >= 0.3 is 5.97 Å². The van der Waals surface area contributed by atoms with Crippen molar-refractivity contribution in [3.8, 4) is 5.75 Å². The number of hydrogen-bond donors (Lipinski definition) is 0. The van der Waals surface area contributed by atoms with Crippen molar-refractivity contribution in [2.75, 3.05) is 44.9 Å². The number of piperazine rings is 1. The number of ether oxygens (including phenoxy) is 2. The van der Waals surface area contributed by atoms with Gasteiger partial charge in [0.1, 0.15) is 17.5 Å². The van der Waals surface area contributed by atoms with Crippen LogP contribution < -0.4 is 9.75 Å². The lowest BCUT2D eigenvalue weighted by Gasteiger charge is -2.37. The molecule has 0 N–H and O–H groups in total. The van der Waals surface area contributed by atoms with Gasteiger partial charge in [-0.25, -0.2) is 4.79 Å². The molecule has 1 unspecified atom stereocenters. The topological polar surface area (TPSA) is 91.8 Å². The van der Waals surface area contributed by atoms with E-state index in [-0.39, 0.29) is 37.0 Å². The van der Waals surface area contributed by atoms with E-state index in [0.717, 1.165) is 17.0 Å². The first-order valence-electron chi connectivity index (χ1n) is 11.8. The van der Waals surface area contributed by atoms with E-state index in [1.54, 1.807) is 28.8 Å². The molecular weight excluding hydrogens is 448 g/mol. The number of hydrogen-bond acceptors (Lipinski definition) is 7. The van der Waals surface area contributed by atoms with Gasteiger partial charge in [-0.1, -0.05) is 30.3 Å². The van der Waals surface area contributed by atoms with Gasteiger partial charge < -0.3 is 19.3 Å². The Hall–Kier alpha value is -3.88. The van der Waals surface area contributed by atoms with Gasteiger partial charge in [0.2, 0.25) is 11.8 Å². The van der Waals surface area contributed by atoms with Crippen LogP contribution in [-0.4, -0.2) is 79.2 Å². The molecule has 1 saturated heterocycles. The van der Waals surface area contributed by atoms with Crippen LogP contribution in [-0.2, 0) is 25.5 Å². The third-order valence-corrected chi connectivity index (χ3v) is 6.16. The predicted octanol–water partition coefficient (Wildman–Crippen LogP) is 2.11. The summed E-state index contributed by atoms with van der Waals surface area (Å²) in [6.45, 7) is 3.75. The summed E-state index contributed by atoms with van der Waals surface area (Å²) < 4.78 is 10.4. The number of carbonyl (C=O) groups excluding carboxylic acids is 3. The van der Waals surface area contributed by atoms with Gasteiger partial charge in [0.25, 0.3) is 0 Å². The fraction of sp³-hybridized carbons (Fsp3) is 0.385. The third kappa shape index (κ3) is 5.62. The quantitative estimate of drug-likeness (QED) is 0.566. The highest BCUT2D eigenvalue weighted by molar-refractivity contribution is 6.38. The molecule has 0 aromatic heterocycles. The molecule has 0 saturated carbocycles. The molecule has 0 spiro atoms. The highest BCUT2D eigenvalue weighted by Crippen LogP contribution is 2.26. The number of para-hydroxylation sites is 1. The molecule has 9 nitrogen and oxygen atoms in total. The van der Waals surface area contributed by atoms with Gasteiger partial charge in [0, 0.05) is 32.6 Å². The summed E-state index contributed by atoms with van der Waals surface area (Å²) in [7, 11) is 1.60. The maximum absolute atomic E-state index is 13.5. The molecule has 9 heteroatoms. The van der Waals surface area contributed by atoms with Crippen molar-refractivity contribution in [3.05, 3.63) is 60.2 Å². The van der Waals surface area contributed by atoms with Crippen LogP contribution in [0, 0.1) is 0 Å². The fourth-order valence-electron chi connectivity index (χ4n) is 4.31. The van der Waals surface area contributed by atoms with Crippen LogP contribution >= 0.6 is 0 Å². The van der Waals surface area contributed by atoms with E-state index in [0.29, 0.717) is 26.2 Å². The lowest BCUT2D eigenvalue weighted by Crippen LogP contribution is -2.55. The van der Waals surface area contributed by atoms with Gasteiger partial charge in [-0.3, -0.25) is 14.6 Å². The summed E-state index contributed by atoms with van der Waals surface area (Å²) in [4.78, 5) is 42.2. The zero-order valence-electron chi connectivity index (χ0n) is 20.1. The van der Waals surface area contributed by atoms with Crippen LogP contribution in [0.1, 0.15) is 18.9 Å². The summed E-state index contributed by atoms with van der Waals surface area (Å²) in [5, 5.41) is 6.04. The van der Waals surface area contributed by atoms with E-state index < -0.39 is 12.0 Å². The Morgan fingerprint density at radius 3 is 2.37 bits per heavy atom. The SMILES string of the molecule is CCOC(=O)C1=NN(c2ccccc2)C(C(=O)N2CCN(C(=O)Cc3cccc(OC)c3)CC2)C1. The van der Waals surface area contributed by atoms with Crippen LogP contribution in [0.2, 0.25) is 0 Å². The number of carbonyl (C=O) groups is 3. The van der Waals surface area contributed by atoms with Crippen LogP contribution in [0.15, 0.2) is 59.7 Å². The Balaban J connectivity index is 1.39. The number of amides is 2. The standard InChI is InChI=1S/C26H30N4O5/c1-3-35-26(33)22-18-23(30(27-22)20-9-5-4-6-10-20)25(32)29-14-12-28(13-15-29)24(31)17-19-8-7-11-21(16-19)34-2/h4-11,16,23H,3,12-15,17-18H2,1-2H3. The second-order valence-electron chi connectivity index (χ2n) is 8.40. The van der Waals surface area contributed by atoms with E-state index in [2.05, 4.69) is 5.10 Å². The molecule has 0 aliphatic carbocycles. The van der Waals surface area contributed by atoms with Crippen molar-refractivity contribution in [1.29, 1.82) is 0 Å². The minimum atomic E-state index is -0.629. The molecule has 1 fully saturated rings. The summed E-state index contributed by atoms with van der Waals surface area (Å²) in [6.07, 6.45) is 0.466. The molecule has 2 aromatic carbocycles. The van der Waals surface area contributed by atoms with Crippen molar-refractivity contribution < 1.29 is 23.9 Å². The zero-order valence-corrected chi connectivity index (χ0v) is 20.1. The molecule has 184 valence electrons. The predicted molar refractivity (Wildman–Crippen MR) is 131 cm³/mol. The van der Waals surface area contributed by atoms with Crippen LogP contribution in [0.3, 0.4) is 0 Å². The minimum absolute atomic E-state index is 0.0186. The normalized spacial score (nSPS) is 17.7. The summed E-state index contributed by atoms with van der Waals surface area (Å²) in [5.41, 5.74) is 1.86. The Labute approximate surface area is 204 Å². The number of esters is 1. The number of anilines is 1.